The summed E-state index contributed by atoms with van der Waals surface area (Å²) in [5.41, 5.74) is 8.43. The van der Waals surface area contributed by atoms with Gasteiger partial charge in [-0.2, -0.15) is 0 Å². The summed E-state index contributed by atoms with van der Waals surface area (Å²) >= 11 is 0. The lowest BCUT2D eigenvalue weighted by atomic mass is 9.98. The van der Waals surface area contributed by atoms with Crippen molar-refractivity contribution >= 4 is 23.9 Å². The van der Waals surface area contributed by atoms with E-state index in [0.717, 1.165) is 22.3 Å². The molecule has 0 aliphatic heterocycles. The number of hydrogen-bond acceptors (Lipinski definition) is 5. The van der Waals surface area contributed by atoms with Gasteiger partial charge in [-0.05, 0) is 29.2 Å². The molecule has 9 heteroatoms. The van der Waals surface area contributed by atoms with Crippen molar-refractivity contribution in [2.24, 2.45) is 0 Å². The number of benzene rings is 2. The number of nitrogens with one attached hydrogen (secondary N) is 3. The summed E-state index contributed by atoms with van der Waals surface area (Å²) < 4.78 is 5.24. The highest BCUT2D eigenvalue weighted by Gasteiger charge is 2.29. The number of ether oxygens (including phenoxy) is 1. The zero-order chi connectivity index (χ0) is 21.0. The van der Waals surface area contributed by atoms with Crippen molar-refractivity contribution in [2.75, 3.05) is 6.61 Å². The largest absolute Gasteiger partial charge is 0.474 e. The van der Waals surface area contributed by atoms with E-state index in [1.165, 1.54) is 6.92 Å². The molecule has 29 heavy (non-hydrogen) atoms. The zero-order valence-electron chi connectivity index (χ0n) is 15.5. The third-order valence-electron chi connectivity index (χ3n) is 4.57. The number of aliphatic carboxylic acids is 1. The monoisotopic (exact) mass is 397 g/mol. The van der Waals surface area contributed by atoms with E-state index in [-0.39, 0.29) is 12.5 Å². The topological polar surface area (TPSA) is 134 Å². The van der Waals surface area contributed by atoms with Gasteiger partial charge in [0.2, 0.25) is 0 Å². The highest BCUT2D eigenvalue weighted by Crippen LogP contribution is 2.44. The van der Waals surface area contributed by atoms with E-state index in [4.69, 9.17) is 9.84 Å². The summed E-state index contributed by atoms with van der Waals surface area (Å²) in [5, 5.41) is 10.5. The summed E-state index contributed by atoms with van der Waals surface area (Å²) in [7, 11) is 0. The molecule has 2 aromatic rings. The van der Waals surface area contributed by atoms with Gasteiger partial charge < -0.3 is 15.2 Å². The van der Waals surface area contributed by atoms with Crippen molar-refractivity contribution in [3.05, 3.63) is 59.7 Å². The number of carbonyl (C=O) groups is 4. The summed E-state index contributed by atoms with van der Waals surface area (Å²) in [6, 6.07) is 14.6. The van der Waals surface area contributed by atoms with Gasteiger partial charge in [0.15, 0.2) is 0 Å². The summed E-state index contributed by atoms with van der Waals surface area (Å²) in [5.74, 6) is -3.96. The molecule has 0 saturated heterocycles. The predicted octanol–water partition coefficient (Wildman–Crippen LogP) is 1.15. The molecule has 2 aromatic carbocycles. The number of carbonyl (C=O) groups excluding carboxylic acids is 3. The van der Waals surface area contributed by atoms with Gasteiger partial charge in [-0.25, -0.2) is 15.0 Å². The van der Waals surface area contributed by atoms with Crippen LogP contribution in [0.3, 0.4) is 0 Å². The first kappa shape index (κ1) is 19.9. The molecule has 0 spiro atoms. The van der Waals surface area contributed by atoms with Gasteiger partial charge in [0, 0.05) is 5.92 Å². The Morgan fingerprint density at radius 2 is 1.52 bits per heavy atom. The van der Waals surface area contributed by atoms with Crippen LogP contribution in [0.15, 0.2) is 48.5 Å². The molecule has 0 bridgehead atoms. The summed E-state index contributed by atoms with van der Waals surface area (Å²) in [6.07, 6.45) is -0.878. The highest BCUT2D eigenvalue weighted by molar-refractivity contribution is 6.32. The van der Waals surface area contributed by atoms with E-state index in [9.17, 15) is 19.2 Å². The van der Waals surface area contributed by atoms with Crippen LogP contribution in [0.25, 0.3) is 11.1 Å². The lowest BCUT2D eigenvalue weighted by Gasteiger charge is -2.16. The second-order valence-electron chi connectivity index (χ2n) is 6.44. The summed E-state index contributed by atoms with van der Waals surface area (Å²) in [6.45, 7) is 1.34. The Balaban J connectivity index is 1.54. The molecular formula is C20H19N3O6. The molecule has 150 valence electrons. The van der Waals surface area contributed by atoms with E-state index in [1.54, 1.807) is 0 Å². The second-order valence-corrected chi connectivity index (χ2v) is 6.44. The van der Waals surface area contributed by atoms with E-state index in [0.29, 0.717) is 0 Å². The van der Waals surface area contributed by atoms with E-state index >= 15 is 0 Å². The molecule has 9 nitrogen and oxygen atoms in total. The summed E-state index contributed by atoms with van der Waals surface area (Å²) in [4.78, 5) is 45.3. The smallest absolute Gasteiger partial charge is 0.426 e. The molecular weight excluding hydrogens is 378 g/mol. The number of amides is 3. The van der Waals surface area contributed by atoms with E-state index in [1.807, 2.05) is 53.8 Å². The van der Waals surface area contributed by atoms with Crippen molar-refractivity contribution in [3.8, 4) is 11.1 Å². The van der Waals surface area contributed by atoms with Crippen LogP contribution < -0.4 is 16.2 Å². The maximum Gasteiger partial charge on any atom is 0.426 e. The van der Waals surface area contributed by atoms with Crippen molar-refractivity contribution < 1.29 is 29.0 Å². The van der Waals surface area contributed by atoms with Crippen molar-refractivity contribution in [2.45, 2.75) is 18.9 Å². The lowest BCUT2D eigenvalue weighted by Crippen LogP contribution is -2.52. The molecule has 0 heterocycles. The molecule has 3 amide bonds. The molecule has 1 aliphatic carbocycles. The maximum absolute atomic E-state index is 12.0. The first-order valence-corrected chi connectivity index (χ1v) is 8.83. The molecule has 0 radical (unpaired) electrons. The van der Waals surface area contributed by atoms with Crippen LogP contribution in [0.4, 0.5) is 4.79 Å². The van der Waals surface area contributed by atoms with Crippen molar-refractivity contribution in [3.63, 3.8) is 0 Å². The van der Waals surface area contributed by atoms with Crippen LogP contribution >= 0.6 is 0 Å². The van der Waals surface area contributed by atoms with Gasteiger partial charge in [-0.3, -0.25) is 15.0 Å². The minimum absolute atomic E-state index is 0.0705. The fourth-order valence-electron chi connectivity index (χ4n) is 3.18. The Kier molecular flexibility index (Phi) is 5.77. The van der Waals surface area contributed by atoms with Gasteiger partial charge >= 0.3 is 18.0 Å². The zero-order valence-corrected chi connectivity index (χ0v) is 15.5. The number of fused-ring (bicyclic) bond motifs is 3. The van der Waals surface area contributed by atoms with Crippen LogP contribution in [-0.4, -0.2) is 41.6 Å². The number of hydrazine groups is 1. The fourth-order valence-corrected chi connectivity index (χ4v) is 3.18. The minimum atomic E-state index is -1.71. The van der Waals surface area contributed by atoms with Gasteiger partial charge in [0.25, 0.3) is 5.91 Å². The quantitative estimate of drug-likeness (QED) is 0.452. The Morgan fingerprint density at radius 3 is 2.07 bits per heavy atom. The van der Waals surface area contributed by atoms with Crippen molar-refractivity contribution in [1.82, 2.24) is 16.2 Å². The van der Waals surface area contributed by atoms with Crippen LogP contribution in [0.5, 0.6) is 0 Å². The van der Waals surface area contributed by atoms with Gasteiger partial charge in [0.05, 0.1) is 0 Å². The first-order chi connectivity index (χ1) is 13.9. The number of hydrogen-bond donors (Lipinski definition) is 4. The average molecular weight is 397 g/mol. The Hall–Kier alpha value is -3.88. The van der Waals surface area contributed by atoms with Gasteiger partial charge in [0.1, 0.15) is 12.6 Å². The number of carboxylic acids is 1. The van der Waals surface area contributed by atoms with E-state index in [2.05, 4.69) is 10.9 Å². The molecule has 1 unspecified atom stereocenters. The fraction of sp³-hybridized carbons (Fsp3) is 0.200. The highest BCUT2D eigenvalue weighted by atomic mass is 16.6. The normalized spacial score (nSPS) is 12.9. The minimum Gasteiger partial charge on any atom is -0.474 e. The maximum atomic E-state index is 12.0. The molecule has 0 aromatic heterocycles. The third-order valence-corrected chi connectivity index (χ3v) is 4.57. The number of rotatable bonds is 4. The SMILES string of the molecule is CC(NC(=O)C(=O)O)C(=O)NNC(=O)OCC1c2ccccc2-c2ccccc21. The Morgan fingerprint density at radius 1 is 0.966 bits per heavy atom. The second kappa shape index (κ2) is 8.42. The predicted molar refractivity (Wildman–Crippen MR) is 102 cm³/mol. The van der Waals surface area contributed by atoms with Gasteiger partial charge in [-0.15, -0.1) is 0 Å². The molecule has 1 atom stereocenters. The average Bonchev–Trinajstić information content (AvgIpc) is 3.04. The standard InChI is InChI=1S/C20H19N3O6/c1-11(21-18(25)19(26)27)17(24)22-23-20(28)29-10-16-14-8-4-2-6-12(14)13-7-3-5-9-15(13)16/h2-9,11,16H,10H2,1H3,(H,21,25)(H,22,24)(H,23,28)(H,26,27). The van der Waals surface area contributed by atoms with Crippen LogP contribution in [0.1, 0.15) is 24.0 Å². The van der Waals surface area contributed by atoms with Crippen LogP contribution in [0.2, 0.25) is 0 Å². The first-order valence-electron chi connectivity index (χ1n) is 8.83. The van der Waals surface area contributed by atoms with Crippen LogP contribution in [0, 0.1) is 0 Å². The van der Waals surface area contributed by atoms with E-state index < -0.39 is 29.9 Å². The molecule has 0 fully saturated rings. The Labute approximate surface area is 166 Å². The molecule has 4 N–H and O–H groups in total. The van der Waals surface area contributed by atoms with Crippen molar-refractivity contribution in [1.29, 1.82) is 0 Å². The molecule has 0 saturated carbocycles. The molecule has 3 rings (SSSR count). The third kappa shape index (κ3) is 4.34. The number of carboxylic acid groups (broad SMARTS) is 1. The lowest BCUT2D eigenvalue weighted by molar-refractivity contribution is -0.150. The molecule has 1 aliphatic rings. The Bertz CT molecular complexity index is 929. The van der Waals surface area contributed by atoms with Gasteiger partial charge in [-0.1, -0.05) is 48.5 Å². The van der Waals surface area contributed by atoms with Crippen LogP contribution in [-0.2, 0) is 19.1 Å².